The molecular weight excluding hydrogens is 444 g/mol. The number of para-hydroxylation sites is 1. The third-order valence-corrected chi connectivity index (χ3v) is 6.14. The maximum Gasteiger partial charge on any atom is 0.271 e. The summed E-state index contributed by atoms with van der Waals surface area (Å²) in [6, 6.07) is 16.3. The van der Waals surface area contributed by atoms with E-state index in [2.05, 4.69) is 10.2 Å². The van der Waals surface area contributed by atoms with Crippen molar-refractivity contribution in [2.24, 2.45) is 7.05 Å². The predicted octanol–water partition coefficient (Wildman–Crippen LogP) is 3.07. The van der Waals surface area contributed by atoms with E-state index in [-0.39, 0.29) is 40.6 Å². The summed E-state index contributed by atoms with van der Waals surface area (Å²) in [7, 11) is 7.16. The number of ether oxygens (including phenoxy) is 1. The minimum atomic E-state index is -0.373. The van der Waals surface area contributed by atoms with Gasteiger partial charge in [-0.25, -0.2) is 0 Å². The van der Waals surface area contributed by atoms with E-state index in [1.54, 1.807) is 35.9 Å². The van der Waals surface area contributed by atoms with Crippen LogP contribution in [0.25, 0.3) is 21.8 Å². The summed E-state index contributed by atoms with van der Waals surface area (Å²) >= 11 is 0. The summed E-state index contributed by atoms with van der Waals surface area (Å²) in [6.45, 7) is 1.22. The Hall–Kier alpha value is -3.91. The van der Waals surface area contributed by atoms with Gasteiger partial charge in [0.25, 0.3) is 11.5 Å². The molecule has 0 fully saturated rings. The van der Waals surface area contributed by atoms with Crippen LogP contribution in [0.5, 0.6) is 5.75 Å². The number of Topliss-reactive ketones (excluding diaryl/α,β-unsaturated/α-hetero) is 1. The van der Waals surface area contributed by atoms with E-state index in [9.17, 15) is 14.4 Å². The number of fused-ring (bicyclic) bond motifs is 3. The molecule has 0 saturated heterocycles. The number of amides is 1. The molecule has 0 unspecified atom stereocenters. The lowest BCUT2D eigenvalue weighted by Gasteiger charge is -2.12. The van der Waals surface area contributed by atoms with Crippen molar-refractivity contribution >= 4 is 33.5 Å². The number of nitrogens with zero attached hydrogens (tertiary/aromatic N) is 3. The molecule has 0 radical (unpaired) electrons. The molecule has 0 aliphatic rings. The van der Waals surface area contributed by atoms with Crippen LogP contribution in [0, 0.1) is 0 Å². The maximum atomic E-state index is 13.8. The number of methoxy groups -OCH3 is 1. The highest BCUT2D eigenvalue weighted by atomic mass is 16.5. The van der Waals surface area contributed by atoms with E-state index in [1.165, 1.54) is 11.7 Å². The number of benzene rings is 2. The SMILES string of the molecule is COc1c(C(=O)NCCCN(C)C)n(C)c2c1c(=O)n(CC(=O)c1ccccc1)c1ccccc21. The van der Waals surface area contributed by atoms with Gasteiger partial charge in [-0.3, -0.25) is 19.0 Å². The van der Waals surface area contributed by atoms with Crippen LogP contribution in [-0.4, -0.2) is 60.0 Å². The molecule has 8 heteroatoms. The normalized spacial score (nSPS) is 11.3. The number of nitrogens with one attached hydrogen (secondary N) is 1. The Kier molecular flexibility index (Phi) is 7.02. The summed E-state index contributed by atoms with van der Waals surface area (Å²) in [5.74, 6) is -0.273. The van der Waals surface area contributed by atoms with Crippen molar-refractivity contribution in [1.82, 2.24) is 19.4 Å². The fourth-order valence-electron chi connectivity index (χ4n) is 4.48. The summed E-state index contributed by atoms with van der Waals surface area (Å²) in [5.41, 5.74) is 1.66. The van der Waals surface area contributed by atoms with Gasteiger partial charge < -0.3 is 19.5 Å². The molecule has 2 heterocycles. The Morgan fingerprint density at radius 3 is 2.40 bits per heavy atom. The molecule has 8 nitrogen and oxygen atoms in total. The van der Waals surface area contributed by atoms with E-state index < -0.39 is 0 Å². The average Bonchev–Trinajstić information content (AvgIpc) is 3.17. The fraction of sp³-hybridized carbons (Fsp3) is 0.296. The first kappa shape index (κ1) is 24.2. The lowest BCUT2D eigenvalue weighted by atomic mass is 10.1. The Bertz CT molecular complexity index is 1450. The van der Waals surface area contributed by atoms with Crippen LogP contribution in [-0.2, 0) is 13.6 Å². The van der Waals surface area contributed by atoms with Crippen LogP contribution in [0.3, 0.4) is 0 Å². The Morgan fingerprint density at radius 2 is 1.71 bits per heavy atom. The lowest BCUT2D eigenvalue weighted by Crippen LogP contribution is -2.28. The summed E-state index contributed by atoms with van der Waals surface area (Å²) in [4.78, 5) is 42.0. The molecule has 0 atom stereocenters. The Morgan fingerprint density at radius 1 is 1.03 bits per heavy atom. The van der Waals surface area contributed by atoms with Gasteiger partial charge in [0.05, 0.1) is 24.7 Å². The van der Waals surface area contributed by atoms with Crippen LogP contribution in [0.1, 0.15) is 27.3 Å². The number of ketones is 1. The van der Waals surface area contributed by atoms with Gasteiger partial charge in [0, 0.05) is 24.5 Å². The van der Waals surface area contributed by atoms with E-state index in [0.717, 1.165) is 18.4 Å². The van der Waals surface area contributed by atoms with E-state index in [0.29, 0.717) is 23.1 Å². The number of pyridine rings is 1. The first-order chi connectivity index (χ1) is 16.8. The summed E-state index contributed by atoms with van der Waals surface area (Å²) < 4.78 is 8.81. The van der Waals surface area contributed by atoms with Gasteiger partial charge in [0.1, 0.15) is 5.39 Å². The van der Waals surface area contributed by atoms with E-state index in [1.807, 2.05) is 44.4 Å². The van der Waals surface area contributed by atoms with Crippen molar-refractivity contribution in [2.45, 2.75) is 13.0 Å². The number of carbonyl (C=O) groups is 2. The molecule has 0 aliphatic carbocycles. The third kappa shape index (κ3) is 4.57. The average molecular weight is 475 g/mol. The number of aryl methyl sites for hydroxylation is 1. The first-order valence-electron chi connectivity index (χ1n) is 11.5. The number of carbonyl (C=O) groups excluding carboxylic acids is 2. The minimum Gasteiger partial charge on any atom is -0.493 e. The summed E-state index contributed by atoms with van der Waals surface area (Å²) in [5, 5.41) is 3.98. The molecule has 1 N–H and O–H groups in total. The van der Waals surface area contributed by atoms with Crippen LogP contribution < -0.4 is 15.6 Å². The molecule has 2 aromatic heterocycles. The fourth-order valence-corrected chi connectivity index (χ4v) is 4.48. The standard InChI is InChI=1S/C27H30N4O4/c1-29(2)16-10-15-28-26(33)24-25(35-4)22-23(30(24)3)19-13-8-9-14-20(19)31(27(22)34)17-21(32)18-11-6-5-7-12-18/h5-9,11-14H,10,15-17H2,1-4H3,(H,28,33). The monoisotopic (exact) mass is 474 g/mol. The molecule has 35 heavy (non-hydrogen) atoms. The molecule has 182 valence electrons. The maximum absolute atomic E-state index is 13.8. The van der Waals surface area contributed by atoms with E-state index >= 15 is 0 Å². The molecule has 0 aliphatic heterocycles. The van der Waals surface area contributed by atoms with Gasteiger partial charge >= 0.3 is 0 Å². The zero-order valence-corrected chi connectivity index (χ0v) is 20.5. The number of hydrogen-bond acceptors (Lipinski definition) is 5. The molecule has 4 rings (SSSR count). The molecule has 0 saturated carbocycles. The first-order valence-corrected chi connectivity index (χ1v) is 11.5. The largest absolute Gasteiger partial charge is 0.493 e. The molecule has 1 amide bonds. The van der Waals surface area contributed by atoms with Gasteiger partial charge in [0.15, 0.2) is 17.2 Å². The van der Waals surface area contributed by atoms with Gasteiger partial charge in [-0.1, -0.05) is 48.5 Å². The van der Waals surface area contributed by atoms with Crippen molar-refractivity contribution in [3.63, 3.8) is 0 Å². The van der Waals surface area contributed by atoms with Gasteiger partial charge in [-0.05, 0) is 33.1 Å². The molecule has 2 aromatic carbocycles. The molecule has 0 spiro atoms. The van der Waals surface area contributed by atoms with Crippen molar-refractivity contribution < 1.29 is 14.3 Å². The second-order valence-electron chi connectivity index (χ2n) is 8.77. The summed E-state index contributed by atoms with van der Waals surface area (Å²) in [6.07, 6.45) is 0.794. The smallest absolute Gasteiger partial charge is 0.271 e. The van der Waals surface area contributed by atoms with Crippen LogP contribution >= 0.6 is 0 Å². The quantitative estimate of drug-likeness (QED) is 0.298. The highest BCUT2D eigenvalue weighted by Crippen LogP contribution is 2.34. The van der Waals surface area contributed by atoms with Crippen LogP contribution in [0.4, 0.5) is 0 Å². The van der Waals surface area contributed by atoms with Crippen molar-refractivity contribution in [2.75, 3.05) is 34.3 Å². The second kappa shape index (κ2) is 10.1. The lowest BCUT2D eigenvalue weighted by molar-refractivity contribution is 0.0939. The van der Waals surface area contributed by atoms with Crippen LogP contribution in [0.2, 0.25) is 0 Å². The highest BCUT2D eigenvalue weighted by Gasteiger charge is 2.27. The predicted molar refractivity (Wildman–Crippen MR) is 138 cm³/mol. The van der Waals surface area contributed by atoms with Crippen molar-refractivity contribution in [1.29, 1.82) is 0 Å². The third-order valence-electron chi connectivity index (χ3n) is 6.14. The van der Waals surface area contributed by atoms with Crippen molar-refractivity contribution in [3.8, 4) is 5.75 Å². The Labute approximate surface area is 203 Å². The van der Waals surface area contributed by atoms with Crippen LogP contribution in [0.15, 0.2) is 59.4 Å². The Balaban J connectivity index is 1.86. The highest BCUT2D eigenvalue weighted by molar-refractivity contribution is 6.12. The zero-order valence-electron chi connectivity index (χ0n) is 20.5. The number of rotatable bonds is 9. The van der Waals surface area contributed by atoms with Gasteiger partial charge in [-0.2, -0.15) is 0 Å². The zero-order chi connectivity index (χ0) is 25.1. The number of hydrogen-bond donors (Lipinski definition) is 1. The second-order valence-corrected chi connectivity index (χ2v) is 8.77. The molecule has 4 aromatic rings. The topological polar surface area (TPSA) is 85.6 Å². The minimum absolute atomic E-state index is 0.122. The molecular formula is C27H30N4O4. The van der Waals surface area contributed by atoms with E-state index in [4.69, 9.17) is 4.74 Å². The number of aromatic nitrogens is 2. The van der Waals surface area contributed by atoms with Crippen molar-refractivity contribution in [3.05, 3.63) is 76.2 Å². The van der Waals surface area contributed by atoms with Gasteiger partial charge in [0.2, 0.25) is 0 Å². The molecule has 0 bridgehead atoms. The van der Waals surface area contributed by atoms with Gasteiger partial charge in [-0.15, -0.1) is 0 Å².